The van der Waals surface area contributed by atoms with Crippen LogP contribution in [0.1, 0.15) is 88.5 Å². The van der Waals surface area contributed by atoms with Gasteiger partial charge in [0, 0.05) is 85.5 Å². The topological polar surface area (TPSA) is 246 Å². The molecule has 3 aromatic carbocycles. The van der Waals surface area contributed by atoms with Gasteiger partial charge in [0.15, 0.2) is 5.71 Å². The zero-order chi connectivity index (χ0) is 58.2. The van der Waals surface area contributed by atoms with E-state index in [1.165, 1.54) is 18.2 Å². The number of allylic oxidation sites excluding steroid dienone is 8. The van der Waals surface area contributed by atoms with E-state index in [0.29, 0.717) is 113 Å². The zero-order valence-corrected chi connectivity index (χ0v) is 51.2. The van der Waals surface area contributed by atoms with Crippen molar-refractivity contribution in [3.63, 3.8) is 0 Å². The number of nitrogens with zero attached hydrogens (tertiary/aromatic N) is 3. The molecule has 82 heavy (non-hydrogen) atoms. The summed E-state index contributed by atoms with van der Waals surface area (Å²) in [6.45, 7) is 14.1. The minimum absolute atomic E-state index is 0. The van der Waals surface area contributed by atoms with E-state index >= 15 is 0 Å². The number of hydrogen-bond acceptors (Lipinski definition) is 17. The maximum Gasteiger partial charge on any atom is 1.00 e. The smallest absolute Gasteiger partial charge is 0.744 e. The Hall–Kier alpha value is -5.18. The number of rotatable bonds is 32. The molecule has 20 nitrogen and oxygen atoms in total. The fourth-order valence-corrected chi connectivity index (χ4v) is 11.2. The third-order valence-electron chi connectivity index (χ3n) is 14.1. The van der Waals surface area contributed by atoms with Crippen molar-refractivity contribution in [3.05, 3.63) is 125 Å². The summed E-state index contributed by atoms with van der Waals surface area (Å²) in [5, 5.41) is 0.471. The standard InChI is InChI=1S/C59H73N3O17S2.Na/c1-43-42-58(2,3)61(25-26-73-29-30-75-33-34-77-36-35-76-32-31-74-28-27-72-5)51-41-53-48(40-47(43)51)45(38-52(78-53)44-14-8-6-9-15-44)16-10-7-11-17-54-59(4,23-12-18-57(65)79-62-55(63)21-22-56(62)64)49-39-46(81(69,70)71)19-20-50(49)60(54)24-13-37-80(66,67)68;/h6-11,14-17,19-20,38-42H,12-13,18,21-37H2,1-5H3,(H-,66,67,68,69,70,71);/q;+1. The number of hydrogen-bond donors (Lipinski definition) is 1. The summed E-state index contributed by atoms with van der Waals surface area (Å²) < 4.78 is 112. The molecule has 0 aliphatic carbocycles. The van der Waals surface area contributed by atoms with Crippen LogP contribution in [-0.4, -0.2) is 163 Å². The predicted octanol–water partition coefficient (Wildman–Crippen LogP) is 4.37. The van der Waals surface area contributed by atoms with Gasteiger partial charge in [-0.05, 0) is 76.0 Å². The molecule has 1 fully saturated rings. The molecule has 1 atom stereocenters. The van der Waals surface area contributed by atoms with Gasteiger partial charge in [0.1, 0.15) is 28.2 Å². The van der Waals surface area contributed by atoms with E-state index in [4.69, 9.17) is 38.0 Å². The van der Waals surface area contributed by atoms with Crippen LogP contribution in [0.4, 0.5) is 11.4 Å². The van der Waals surface area contributed by atoms with Gasteiger partial charge in [-0.2, -0.15) is 13.0 Å². The number of carbonyl (C=O) groups excluding carboxylic acids is 3. The minimum atomic E-state index is -4.92. The molecule has 0 spiro atoms. The van der Waals surface area contributed by atoms with Crippen LogP contribution in [0.15, 0.2) is 108 Å². The summed E-state index contributed by atoms with van der Waals surface area (Å²) in [5.74, 6) is -1.32. The Labute approximate surface area is 503 Å². The molecule has 2 amide bonds. The Morgan fingerprint density at radius 1 is 0.793 bits per heavy atom. The van der Waals surface area contributed by atoms with Crippen molar-refractivity contribution in [3.8, 4) is 5.75 Å². The first kappa shape index (κ1) is 66.0. The molecule has 1 saturated heterocycles. The van der Waals surface area contributed by atoms with E-state index in [2.05, 4.69) is 43.9 Å². The van der Waals surface area contributed by atoms with E-state index in [1.807, 2.05) is 61.6 Å². The summed E-state index contributed by atoms with van der Waals surface area (Å²) >= 11 is 0. The summed E-state index contributed by atoms with van der Waals surface area (Å²) in [4.78, 5) is 44.2. The SMILES string of the molecule is COCCOCCOCCOCCOCCOCCN1c2cc3c(cc2C(C)=CC1(C)C)C(=CC=CC=CC1=[N+](CCCS(=O)(=O)O)c2ccc(S(=O)(=O)[O-])cc2C1(C)CCCC(=O)ON1C(=O)CCC1=O)C=C(c1ccccc1)O3.[Na+]. The fourth-order valence-electron chi connectivity index (χ4n) is 10.2. The maximum absolute atomic E-state index is 12.9. The average molecular weight is 1180 g/mol. The molecule has 0 aromatic heterocycles. The van der Waals surface area contributed by atoms with Crippen LogP contribution in [-0.2, 0) is 73.3 Å². The van der Waals surface area contributed by atoms with E-state index in [-0.39, 0.29) is 80.2 Å². The maximum atomic E-state index is 12.9. The normalized spacial score (nSPS) is 18.2. The van der Waals surface area contributed by atoms with E-state index in [9.17, 15) is 40.3 Å². The van der Waals surface area contributed by atoms with Gasteiger partial charge < -0.3 is 47.4 Å². The second kappa shape index (κ2) is 30.6. The number of benzene rings is 3. The van der Waals surface area contributed by atoms with Crippen molar-refractivity contribution in [1.29, 1.82) is 0 Å². The van der Waals surface area contributed by atoms with Crippen LogP contribution >= 0.6 is 0 Å². The van der Waals surface area contributed by atoms with Crippen molar-refractivity contribution < 1.29 is 112 Å². The predicted molar refractivity (Wildman–Crippen MR) is 302 cm³/mol. The molecule has 1 N–H and O–H groups in total. The van der Waals surface area contributed by atoms with Gasteiger partial charge in [-0.3, -0.25) is 14.1 Å². The van der Waals surface area contributed by atoms with Gasteiger partial charge in [0.2, 0.25) is 5.69 Å². The van der Waals surface area contributed by atoms with Crippen molar-refractivity contribution in [2.75, 3.05) is 104 Å². The van der Waals surface area contributed by atoms with E-state index in [1.54, 1.807) is 23.8 Å². The van der Waals surface area contributed by atoms with Crippen LogP contribution in [0.3, 0.4) is 0 Å². The number of hydroxylamine groups is 2. The minimum Gasteiger partial charge on any atom is -0.744 e. The molecule has 0 bridgehead atoms. The number of fused-ring (bicyclic) bond motifs is 3. The summed E-state index contributed by atoms with van der Waals surface area (Å²) in [5.41, 5.74) is 5.83. The zero-order valence-electron chi connectivity index (χ0n) is 47.6. The molecule has 438 valence electrons. The molecule has 0 radical (unpaired) electrons. The van der Waals surface area contributed by atoms with Gasteiger partial charge in [-0.15, -0.1) is 5.06 Å². The Bertz CT molecular complexity index is 3160. The van der Waals surface area contributed by atoms with Crippen LogP contribution in [0.5, 0.6) is 5.75 Å². The molecular weight excluding hydrogens is 1110 g/mol. The first-order chi connectivity index (χ1) is 38.7. The van der Waals surface area contributed by atoms with Crippen molar-refractivity contribution in [2.45, 2.75) is 82.1 Å². The molecule has 4 aliphatic heterocycles. The quantitative estimate of drug-likeness (QED) is 0.0228. The van der Waals surface area contributed by atoms with Crippen molar-refractivity contribution in [1.82, 2.24) is 5.06 Å². The number of imide groups is 1. The molecule has 1 unspecified atom stereocenters. The molecule has 7 rings (SSSR count). The largest absolute Gasteiger partial charge is 1.00 e. The Balaban J connectivity index is 0.0000108. The van der Waals surface area contributed by atoms with Crippen LogP contribution in [0, 0.1) is 0 Å². The Morgan fingerprint density at radius 3 is 2.02 bits per heavy atom. The second-order valence-electron chi connectivity index (χ2n) is 20.4. The first-order valence-corrected chi connectivity index (χ1v) is 30.0. The van der Waals surface area contributed by atoms with Gasteiger partial charge >= 0.3 is 35.5 Å². The van der Waals surface area contributed by atoms with Crippen molar-refractivity contribution >= 4 is 72.0 Å². The summed E-state index contributed by atoms with van der Waals surface area (Å²) in [7, 11) is -7.64. The molecular formula is C59H73N3NaO17S2+. The number of amides is 2. The average Bonchev–Trinajstić information content (AvgIpc) is 4.08. The van der Waals surface area contributed by atoms with Gasteiger partial charge in [-0.25, -0.2) is 13.2 Å². The van der Waals surface area contributed by atoms with Crippen LogP contribution < -0.4 is 39.2 Å². The second-order valence-corrected chi connectivity index (χ2v) is 23.4. The monoisotopic (exact) mass is 1180 g/mol. The fraction of sp³-hybridized carbons (Fsp3) is 0.458. The van der Waals surface area contributed by atoms with Gasteiger partial charge in [0.05, 0.1) is 94.3 Å². The Kier molecular flexibility index (Phi) is 24.6. The molecule has 4 heterocycles. The number of anilines is 1. The number of carbonyl (C=O) groups is 3. The van der Waals surface area contributed by atoms with E-state index < -0.39 is 54.1 Å². The number of ether oxygens (including phenoxy) is 7. The van der Waals surface area contributed by atoms with Crippen LogP contribution in [0.25, 0.3) is 16.9 Å². The Morgan fingerprint density at radius 2 is 1.41 bits per heavy atom. The van der Waals surface area contributed by atoms with Crippen LogP contribution in [0.2, 0.25) is 0 Å². The molecule has 0 saturated carbocycles. The van der Waals surface area contributed by atoms with E-state index in [0.717, 1.165) is 33.5 Å². The summed E-state index contributed by atoms with van der Waals surface area (Å²) in [6.07, 6.45) is 13.4. The van der Waals surface area contributed by atoms with Gasteiger partial charge in [-0.1, -0.05) is 60.7 Å². The van der Waals surface area contributed by atoms with Gasteiger partial charge in [0.25, 0.3) is 21.9 Å². The molecule has 4 aliphatic rings. The first-order valence-electron chi connectivity index (χ1n) is 27.0. The molecule has 23 heteroatoms. The number of methoxy groups -OCH3 is 1. The van der Waals surface area contributed by atoms with Crippen molar-refractivity contribution in [2.24, 2.45) is 0 Å². The summed E-state index contributed by atoms with van der Waals surface area (Å²) in [6, 6.07) is 18.0. The third-order valence-corrected chi connectivity index (χ3v) is 15.8. The molecule has 3 aromatic rings. The third kappa shape index (κ3) is 17.9.